The van der Waals surface area contributed by atoms with Crippen LogP contribution in [0, 0.1) is 6.92 Å². The van der Waals surface area contributed by atoms with Crippen molar-refractivity contribution in [3.05, 3.63) is 17.5 Å². The van der Waals surface area contributed by atoms with E-state index in [0.717, 1.165) is 30.3 Å². The topological polar surface area (TPSA) is 55.0 Å². The number of nitrogens with two attached hydrogens (primary N) is 1. The second kappa shape index (κ2) is 4.14. The molecule has 1 saturated heterocycles. The van der Waals surface area contributed by atoms with Gasteiger partial charge in [0.05, 0.1) is 0 Å². The fourth-order valence-corrected chi connectivity index (χ4v) is 1.98. The second-order valence-corrected chi connectivity index (χ2v) is 4.19. The van der Waals surface area contributed by atoms with Crippen LogP contribution in [0.5, 0.6) is 0 Å². The van der Waals surface area contributed by atoms with Crippen LogP contribution in [0.15, 0.2) is 6.20 Å². The van der Waals surface area contributed by atoms with E-state index >= 15 is 0 Å². The van der Waals surface area contributed by atoms with Crippen LogP contribution in [0.2, 0.25) is 0 Å². The number of nitrogens with zero attached hydrogens (tertiary/aromatic N) is 3. The average molecular weight is 206 g/mol. The Morgan fingerprint density at radius 2 is 2.07 bits per heavy atom. The molecule has 2 N–H and O–H groups in total. The number of anilines is 1. The monoisotopic (exact) mass is 206 g/mol. The van der Waals surface area contributed by atoms with Crippen LogP contribution in [-0.2, 0) is 0 Å². The maximum Gasteiger partial charge on any atom is 0.225 e. The van der Waals surface area contributed by atoms with E-state index in [4.69, 9.17) is 5.73 Å². The lowest BCUT2D eigenvalue weighted by Gasteiger charge is -2.17. The molecule has 15 heavy (non-hydrogen) atoms. The van der Waals surface area contributed by atoms with Gasteiger partial charge in [-0.15, -0.1) is 0 Å². The minimum absolute atomic E-state index is 0.0117. The van der Waals surface area contributed by atoms with Gasteiger partial charge < -0.3 is 10.6 Å². The lowest BCUT2D eigenvalue weighted by atomic mass is 10.1. The molecule has 1 aromatic rings. The predicted octanol–water partition coefficient (Wildman–Crippen LogP) is 1.40. The van der Waals surface area contributed by atoms with Crippen molar-refractivity contribution in [2.24, 2.45) is 5.73 Å². The van der Waals surface area contributed by atoms with Crippen LogP contribution in [0.1, 0.15) is 37.1 Å². The number of hydrogen-bond acceptors (Lipinski definition) is 4. The Labute approximate surface area is 90.5 Å². The first-order valence-corrected chi connectivity index (χ1v) is 5.52. The van der Waals surface area contributed by atoms with Gasteiger partial charge in [-0.2, -0.15) is 0 Å². The molecule has 0 aliphatic carbocycles. The molecule has 1 aliphatic heterocycles. The fraction of sp³-hybridized carbons (Fsp3) is 0.636. The fourth-order valence-electron chi connectivity index (χ4n) is 1.98. The Morgan fingerprint density at radius 3 is 2.60 bits per heavy atom. The molecule has 0 spiro atoms. The largest absolute Gasteiger partial charge is 0.341 e. The van der Waals surface area contributed by atoms with E-state index in [2.05, 4.69) is 14.9 Å². The third-order valence-electron chi connectivity index (χ3n) is 2.88. The molecule has 4 heteroatoms. The van der Waals surface area contributed by atoms with Crippen LogP contribution in [-0.4, -0.2) is 23.1 Å². The molecule has 1 atom stereocenters. The minimum Gasteiger partial charge on any atom is -0.341 e. The summed E-state index contributed by atoms with van der Waals surface area (Å²) in [5.41, 5.74) is 7.87. The first kappa shape index (κ1) is 10.4. The molecular weight excluding hydrogens is 188 g/mol. The van der Waals surface area contributed by atoms with Gasteiger partial charge in [-0.1, -0.05) is 0 Å². The van der Waals surface area contributed by atoms with Gasteiger partial charge in [-0.05, 0) is 26.7 Å². The second-order valence-electron chi connectivity index (χ2n) is 4.19. The molecular formula is C11H18N4. The van der Waals surface area contributed by atoms with Crippen molar-refractivity contribution in [1.82, 2.24) is 9.97 Å². The van der Waals surface area contributed by atoms with E-state index in [1.165, 1.54) is 12.8 Å². The summed E-state index contributed by atoms with van der Waals surface area (Å²) in [6, 6.07) is 0.0117. The molecule has 2 heterocycles. The minimum atomic E-state index is 0.0117. The van der Waals surface area contributed by atoms with Gasteiger partial charge in [-0.25, -0.2) is 9.97 Å². The Morgan fingerprint density at radius 1 is 1.40 bits per heavy atom. The number of aromatic nitrogens is 2. The van der Waals surface area contributed by atoms with E-state index in [1.807, 2.05) is 20.0 Å². The summed E-state index contributed by atoms with van der Waals surface area (Å²) in [7, 11) is 0. The Bertz CT molecular complexity index is 342. The molecule has 2 rings (SSSR count). The zero-order chi connectivity index (χ0) is 10.8. The van der Waals surface area contributed by atoms with Crippen LogP contribution in [0.3, 0.4) is 0 Å². The Kier molecular flexibility index (Phi) is 2.86. The molecule has 82 valence electrons. The van der Waals surface area contributed by atoms with E-state index in [0.29, 0.717) is 0 Å². The van der Waals surface area contributed by atoms with Crippen LogP contribution < -0.4 is 10.6 Å². The highest BCUT2D eigenvalue weighted by molar-refractivity contribution is 5.34. The van der Waals surface area contributed by atoms with Crippen molar-refractivity contribution in [2.45, 2.75) is 32.7 Å². The summed E-state index contributed by atoms with van der Waals surface area (Å²) in [6.07, 6.45) is 4.36. The summed E-state index contributed by atoms with van der Waals surface area (Å²) < 4.78 is 0. The van der Waals surface area contributed by atoms with Gasteiger partial charge in [0.15, 0.2) is 0 Å². The zero-order valence-corrected chi connectivity index (χ0v) is 9.40. The van der Waals surface area contributed by atoms with Crippen LogP contribution in [0.4, 0.5) is 5.95 Å². The SMILES string of the molecule is Cc1nc(N2CCCC2)ncc1C(C)N. The van der Waals surface area contributed by atoms with Gasteiger partial charge in [0, 0.05) is 36.6 Å². The molecule has 1 unspecified atom stereocenters. The molecule has 1 aromatic heterocycles. The van der Waals surface area contributed by atoms with Crippen LogP contribution >= 0.6 is 0 Å². The van der Waals surface area contributed by atoms with E-state index in [1.54, 1.807) is 0 Å². The summed E-state index contributed by atoms with van der Waals surface area (Å²) in [4.78, 5) is 11.1. The maximum atomic E-state index is 5.82. The van der Waals surface area contributed by atoms with Gasteiger partial charge in [0.1, 0.15) is 0 Å². The van der Waals surface area contributed by atoms with Crippen molar-refractivity contribution >= 4 is 5.95 Å². The third kappa shape index (κ3) is 2.09. The third-order valence-corrected chi connectivity index (χ3v) is 2.88. The summed E-state index contributed by atoms with van der Waals surface area (Å²) >= 11 is 0. The van der Waals surface area contributed by atoms with E-state index in [-0.39, 0.29) is 6.04 Å². The van der Waals surface area contributed by atoms with Gasteiger partial charge in [0.2, 0.25) is 5.95 Å². The Balaban J connectivity index is 2.24. The smallest absolute Gasteiger partial charge is 0.225 e. The average Bonchev–Trinajstić information content (AvgIpc) is 2.69. The first-order chi connectivity index (χ1) is 7.18. The lowest BCUT2D eigenvalue weighted by Crippen LogP contribution is -2.21. The maximum absolute atomic E-state index is 5.82. The summed E-state index contributed by atoms with van der Waals surface area (Å²) in [5, 5.41) is 0. The van der Waals surface area contributed by atoms with Crippen molar-refractivity contribution in [3.8, 4) is 0 Å². The highest BCUT2D eigenvalue weighted by atomic mass is 15.3. The molecule has 0 amide bonds. The van der Waals surface area contributed by atoms with Crippen molar-refractivity contribution in [1.29, 1.82) is 0 Å². The van der Waals surface area contributed by atoms with Gasteiger partial charge in [-0.3, -0.25) is 0 Å². The number of aryl methyl sites for hydroxylation is 1. The van der Waals surface area contributed by atoms with Crippen molar-refractivity contribution in [2.75, 3.05) is 18.0 Å². The van der Waals surface area contributed by atoms with E-state index < -0.39 is 0 Å². The zero-order valence-electron chi connectivity index (χ0n) is 9.40. The van der Waals surface area contributed by atoms with Crippen molar-refractivity contribution in [3.63, 3.8) is 0 Å². The quantitative estimate of drug-likeness (QED) is 0.794. The molecule has 0 radical (unpaired) electrons. The molecule has 1 fully saturated rings. The highest BCUT2D eigenvalue weighted by Crippen LogP contribution is 2.19. The summed E-state index contributed by atoms with van der Waals surface area (Å²) in [6.45, 7) is 6.12. The number of rotatable bonds is 2. The van der Waals surface area contributed by atoms with Crippen LogP contribution in [0.25, 0.3) is 0 Å². The highest BCUT2D eigenvalue weighted by Gasteiger charge is 2.16. The number of hydrogen-bond donors (Lipinski definition) is 1. The molecule has 1 aliphatic rings. The molecule has 0 bridgehead atoms. The summed E-state index contributed by atoms with van der Waals surface area (Å²) in [5.74, 6) is 0.856. The first-order valence-electron chi connectivity index (χ1n) is 5.52. The van der Waals surface area contributed by atoms with E-state index in [9.17, 15) is 0 Å². The molecule has 0 saturated carbocycles. The lowest BCUT2D eigenvalue weighted by molar-refractivity contribution is 0.780. The van der Waals surface area contributed by atoms with Crippen molar-refractivity contribution < 1.29 is 0 Å². The Hall–Kier alpha value is -1.16. The molecule has 4 nitrogen and oxygen atoms in total. The molecule has 0 aromatic carbocycles. The standard InChI is InChI=1S/C11H18N4/c1-8(12)10-7-13-11(14-9(10)2)15-5-3-4-6-15/h7-8H,3-6,12H2,1-2H3. The van der Waals surface area contributed by atoms with Gasteiger partial charge in [0.25, 0.3) is 0 Å². The predicted molar refractivity (Wildman–Crippen MR) is 60.8 cm³/mol. The normalized spacial score (nSPS) is 18.2. The van der Waals surface area contributed by atoms with Gasteiger partial charge >= 0.3 is 0 Å².